The predicted molar refractivity (Wildman–Crippen MR) is 53.5 cm³/mol. The average Bonchev–Trinajstić information content (AvgIpc) is 2.64. The number of hydrogen-bond acceptors (Lipinski definition) is 5. The molecule has 1 aliphatic rings. The SMILES string of the molecule is CCOC(=O)C1C=C(OS(=O)(=O)C(F)(F)F)CC1. The van der Waals surface area contributed by atoms with Gasteiger partial charge < -0.3 is 8.92 Å². The molecule has 0 aromatic heterocycles. The molecule has 0 aromatic carbocycles. The zero-order chi connectivity index (χ0) is 14.0. The van der Waals surface area contributed by atoms with E-state index in [2.05, 4.69) is 8.92 Å². The highest BCUT2D eigenvalue weighted by Crippen LogP contribution is 2.32. The standard InChI is InChI=1S/C9H11F3O5S/c1-2-16-8(13)6-3-4-7(5-6)17-18(14,15)9(10,11)12/h5-6H,2-4H2,1H3. The number of carbonyl (C=O) groups is 1. The Kier molecular flexibility index (Phi) is 4.25. The minimum Gasteiger partial charge on any atom is -0.466 e. The van der Waals surface area contributed by atoms with Crippen molar-refractivity contribution in [1.82, 2.24) is 0 Å². The second-order valence-corrected chi connectivity index (χ2v) is 5.05. The van der Waals surface area contributed by atoms with Crippen molar-refractivity contribution in [2.75, 3.05) is 6.61 Å². The highest BCUT2D eigenvalue weighted by Gasteiger charge is 2.49. The van der Waals surface area contributed by atoms with E-state index in [0.717, 1.165) is 6.08 Å². The van der Waals surface area contributed by atoms with Crippen molar-refractivity contribution in [2.24, 2.45) is 5.92 Å². The minimum absolute atomic E-state index is 0.0568. The normalized spacial score (nSPS) is 20.4. The Morgan fingerprint density at radius 3 is 2.61 bits per heavy atom. The fraction of sp³-hybridized carbons (Fsp3) is 0.667. The van der Waals surface area contributed by atoms with Crippen molar-refractivity contribution in [3.05, 3.63) is 11.8 Å². The van der Waals surface area contributed by atoms with Gasteiger partial charge in [-0.25, -0.2) is 0 Å². The topological polar surface area (TPSA) is 69.7 Å². The van der Waals surface area contributed by atoms with Crippen LogP contribution < -0.4 is 0 Å². The maximum Gasteiger partial charge on any atom is 0.534 e. The van der Waals surface area contributed by atoms with Gasteiger partial charge in [0.05, 0.1) is 12.5 Å². The molecule has 0 N–H and O–H groups in total. The van der Waals surface area contributed by atoms with Crippen molar-refractivity contribution < 1.29 is 35.3 Å². The third kappa shape index (κ3) is 3.37. The lowest BCUT2D eigenvalue weighted by Gasteiger charge is -2.09. The maximum atomic E-state index is 12.0. The predicted octanol–water partition coefficient (Wildman–Crippen LogP) is 1.71. The van der Waals surface area contributed by atoms with Gasteiger partial charge in [0.15, 0.2) is 0 Å². The van der Waals surface area contributed by atoms with Crippen molar-refractivity contribution in [3.63, 3.8) is 0 Å². The van der Waals surface area contributed by atoms with Crippen LogP contribution in [0, 0.1) is 5.92 Å². The number of halogens is 3. The van der Waals surface area contributed by atoms with Crippen molar-refractivity contribution in [3.8, 4) is 0 Å². The molecule has 1 rings (SSSR count). The van der Waals surface area contributed by atoms with Gasteiger partial charge in [0.25, 0.3) is 0 Å². The van der Waals surface area contributed by atoms with Gasteiger partial charge in [-0.1, -0.05) is 0 Å². The molecule has 0 spiro atoms. The number of allylic oxidation sites excluding steroid dienone is 1. The Balaban J connectivity index is 2.72. The molecule has 0 heterocycles. The molecule has 0 saturated heterocycles. The highest BCUT2D eigenvalue weighted by molar-refractivity contribution is 7.87. The molecule has 1 aliphatic carbocycles. The summed E-state index contributed by atoms with van der Waals surface area (Å²) < 4.78 is 66.1. The van der Waals surface area contributed by atoms with E-state index >= 15 is 0 Å². The van der Waals surface area contributed by atoms with E-state index in [1.54, 1.807) is 6.92 Å². The van der Waals surface area contributed by atoms with E-state index in [-0.39, 0.29) is 25.2 Å². The average molecular weight is 288 g/mol. The zero-order valence-electron chi connectivity index (χ0n) is 9.36. The summed E-state index contributed by atoms with van der Waals surface area (Å²) in [5, 5.41) is 0. The molecule has 9 heteroatoms. The molecule has 104 valence electrons. The van der Waals surface area contributed by atoms with Gasteiger partial charge in [0.1, 0.15) is 5.76 Å². The number of hydrogen-bond donors (Lipinski definition) is 0. The summed E-state index contributed by atoms with van der Waals surface area (Å²) in [4.78, 5) is 11.3. The summed E-state index contributed by atoms with van der Waals surface area (Å²) >= 11 is 0. The number of carbonyl (C=O) groups excluding carboxylic acids is 1. The minimum atomic E-state index is -5.66. The number of ether oxygens (including phenoxy) is 1. The fourth-order valence-corrected chi connectivity index (χ4v) is 1.90. The van der Waals surface area contributed by atoms with Gasteiger partial charge in [-0.05, 0) is 19.4 Å². The molecule has 0 amide bonds. The van der Waals surface area contributed by atoms with E-state index in [1.165, 1.54) is 0 Å². The van der Waals surface area contributed by atoms with Crippen LogP contribution in [0.1, 0.15) is 19.8 Å². The first kappa shape index (κ1) is 14.8. The first-order valence-electron chi connectivity index (χ1n) is 5.05. The lowest BCUT2D eigenvalue weighted by molar-refractivity contribution is -0.146. The summed E-state index contributed by atoms with van der Waals surface area (Å²) in [6, 6.07) is 0. The van der Waals surface area contributed by atoms with Crippen LogP contribution in [0.3, 0.4) is 0 Å². The van der Waals surface area contributed by atoms with Crippen molar-refractivity contribution in [1.29, 1.82) is 0 Å². The van der Waals surface area contributed by atoms with Crippen LogP contribution in [0.25, 0.3) is 0 Å². The molecule has 0 fully saturated rings. The molecule has 1 unspecified atom stereocenters. The summed E-state index contributed by atoms with van der Waals surface area (Å²) in [6.07, 6.45) is 1.15. The molecule has 0 aliphatic heterocycles. The van der Waals surface area contributed by atoms with Crippen LogP contribution in [0.4, 0.5) is 13.2 Å². The Labute approximate surface area is 102 Å². The van der Waals surface area contributed by atoms with Gasteiger partial charge >= 0.3 is 21.6 Å². The van der Waals surface area contributed by atoms with Gasteiger partial charge in [-0.2, -0.15) is 21.6 Å². The summed E-state index contributed by atoms with van der Waals surface area (Å²) in [5.74, 6) is -1.76. The van der Waals surface area contributed by atoms with Crippen LogP contribution in [0.5, 0.6) is 0 Å². The van der Waals surface area contributed by atoms with Gasteiger partial charge in [-0.3, -0.25) is 4.79 Å². The lowest BCUT2D eigenvalue weighted by Crippen LogP contribution is -2.25. The monoisotopic (exact) mass is 288 g/mol. The summed E-state index contributed by atoms with van der Waals surface area (Å²) in [6.45, 7) is 1.72. The van der Waals surface area contributed by atoms with E-state index in [1.807, 2.05) is 0 Å². The summed E-state index contributed by atoms with van der Waals surface area (Å²) in [5.41, 5.74) is -5.48. The Morgan fingerprint density at radius 1 is 1.50 bits per heavy atom. The van der Waals surface area contributed by atoms with Crippen LogP contribution in [-0.4, -0.2) is 26.5 Å². The van der Waals surface area contributed by atoms with Gasteiger partial charge in [0.2, 0.25) is 0 Å². The number of alkyl halides is 3. The number of esters is 1. The van der Waals surface area contributed by atoms with E-state index in [4.69, 9.17) is 0 Å². The van der Waals surface area contributed by atoms with E-state index in [9.17, 15) is 26.4 Å². The second-order valence-electron chi connectivity index (χ2n) is 3.51. The molecule has 5 nitrogen and oxygen atoms in total. The first-order valence-corrected chi connectivity index (χ1v) is 6.46. The molecule has 0 saturated carbocycles. The zero-order valence-corrected chi connectivity index (χ0v) is 10.2. The van der Waals surface area contributed by atoms with E-state index in [0.29, 0.717) is 0 Å². The molecular weight excluding hydrogens is 277 g/mol. The van der Waals surface area contributed by atoms with Crippen molar-refractivity contribution >= 4 is 16.1 Å². The van der Waals surface area contributed by atoms with Crippen molar-refractivity contribution in [2.45, 2.75) is 25.3 Å². The largest absolute Gasteiger partial charge is 0.534 e. The molecule has 1 atom stereocenters. The third-order valence-electron chi connectivity index (χ3n) is 2.18. The molecule has 0 aromatic rings. The first-order chi connectivity index (χ1) is 8.17. The smallest absolute Gasteiger partial charge is 0.466 e. The maximum absolute atomic E-state index is 12.0. The third-order valence-corrected chi connectivity index (χ3v) is 3.18. The Morgan fingerprint density at radius 2 is 2.11 bits per heavy atom. The fourth-order valence-electron chi connectivity index (χ4n) is 1.38. The van der Waals surface area contributed by atoms with Gasteiger partial charge in [0, 0.05) is 6.42 Å². The van der Waals surface area contributed by atoms with E-state index < -0.39 is 27.5 Å². The van der Waals surface area contributed by atoms with Crippen LogP contribution >= 0.6 is 0 Å². The summed E-state index contributed by atoms with van der Waals surface area (Å²) in [7, 11) is -5.66. The van der Waals surface area contributed by atoms with Crippen LogP contribution in [0.15, 0.2) is 11.8 Å². The Hall–Kier alpha value is -1.25. The second kappa shape index (κ2) is 5.17. The molecule has 18 heavy (non-hydrogen) atoms. The van der Waals surface area contributed by atoms with Crippen LogP contribution in [0.2, 0.25) is 0 Å². The number of rotatable bonds is 4. The molecular formula is C9H11F3O5S. The highest BCUT2D eigenvalue weighted by atomic mass is 32.2. The van der Waals surface area contributed by atoms with Gasteiger partial charge in [-0.15, -0.1) is 0 Å². The van der Waals surface area contributed by atoms with Crippen LogP contribution in [-0.2, 0) is 23.8 Å². The quantitative estimate of drug-likeness (QED) is 0.447. The lowest BCUT2D eigenvalue weighted by atomic mass is 10.1. The Bertz CT molecular complexity index is 451. The molecule has 0 bridgehead atoms. The molecule has 0 radical (unpaired) electrons.